The largest absolute Gasteiger partial charge is 0.497 e. The molecule has 0 saturated heterocycles. The standard InChI is InChI=1S/C14H14O2S/c1-16-13-4-2-3-12(9-13)14(15)6-5-11-7-8-17-10-11/h2-4,7-10H,5-6H2,1H3. The molecule has 0 amide bonds. The van der Waals surface area contributed by atoms with Gasteiger partial charge >= 0.3 is 0 Å². The summed E-state index contributed by atoms with van der Waals surface area (Å²) < 4.78 is 5.10. The van der Waals surface area contributed by atoms with Gasteiger partial charge in [0.05, 0.1) is 7.11 Å². The van der Waals surface area contributed by atoms with Crippen molar-refractivity contribution in [2.24, 2.45) is 0 Å². The van der Waals surface area contributed by atoms with E-state index in [-0.39, 0.29) is 5.78 Å². The molecule has 0 spiro atoms. The molecule has 1 aromatic carbocycles. The van der Waals surface area contributed by atoms with Crippen LogP contribution in [0, 0.1) is 0 Å². The molecular weight excluding hydrogens is 232 g/mol. The smallest absolute Gasteiger partial charge is 0.163 e. The summed E-state index contributed by atoms with van der Waals surface area (Å²) in [6, 6.07) is 9.37. The van der Waals surface area contributed by atoms with Crippen molar-refractivity contribution in [1.29, 1.82) is 0 Å². The van der Waals surface area contributed by atoms with Crippen LogP contribution in [0.4, 0.5) is 0 Å². The minimum Gasteiger partial charge on any atom is -0.497 e. The first-order valence-electron chi connectivity index (χ1n) is 5.48. The quantitative estimate of drug-likeness (QED) is 0.754. The Morgan fingerprint density at radius 3 is 2.94 bits per heavy atom. The van der Waals surface area contributed by atoms with Crippen LogP contribution in [0.5, 0.6) is 5.75 Å². The summed E-state index contributed by atoms with van der Waals surface area (Å²) in [6.07, 6.45) is 1.35. The molecule has 2 nitrogen and oxygen atoms in total. The SMILES string of the molecule is COc1cccc(C(=O)CCc2ccsc2)c1. The van der Waals surface area contributed by atoms with Crippen LogP contribution in [0.3, 0.4) is 0 Å². The number of Topliss-reactive ketones (excluding diaryl/α,β-unsaturated/α-hetero) is 1. The topological polar surface area (TPSA) is 26.3 Å². The van der Waals surface area contributed by atoms with E-state index in [1.807, 2.05) is 23.6 Å². The Labute approximate surface area is 105 Å². The van der Waals surface area contributed by atoms with Crippen molar-refractivity contribution >= 4 is 17.1 Å². The summed E-state index contributed by atoms with van der Waals surface area (Å²) in [7, 11) is 1.61. The molecule has 3 heteroatoms. The predicted octanol–water partition coefficient (Wildman–Crippen LogP) is 3.57. The average molecular weight is 246 g/mol. The van der Waals surface area contributed by atoms with Crippen LogP contribution in [0.1, 0.15) is 22.3 Å². The highest BCUT2D eigenvalue weighted by atomic mass is 32.1. The van der Waals surface area contributed by atoms with E-state index in [0.717, 1.165) is 17.7 Å². The van der Waals surface area contributed by atoms with Crippen LogP contribution in [-0.2, 0) is 6.42 Å². The fourth-order valence-electron chi connectivity index (χ4n) is 1.63. The van der Waals surface area contributed by atoms with E-state index in [1.54, 1.807) is 24.5 Å². The molecule has 2 aromatic rings. The van der Waals surface area contributed by atoms with Crippen LogP contribution in [-0.4, -0.2) is 12.9 Å². The number of thiophene rings is 1. The molecule has 0 aliphatic heterocycles. The minimum absolute atomic E-state index is 0.162. The monoisotopic (exact) mass is 246 g/mol. The molecule has 0 unspecified atom stereocenters. The Balaban J connectivity index is 1.99. The lowest BCUT2D eigenvalue weighted by Gasteiger charge is -2.03. The fraction of sp³-hybridized carbons (Fsp3) is 0.214. The first-order chi connectivity index (χ1) is 8.29. The van der Waals surface area contributed by atoms with Crippen LogP contribution in [0.2, 0.25) is 0 Å². The molecule has 17 heavy (non-hydrogen) atoms. The van der Waals surface area contributed by atoms with Gasteiger partial charge in [-0.3, -0.25) is 4.79 Å². The van der Waals surface area contributed by atoms with Gasteiger partial charge < -0.3 is 4.74 Å². The van der Waals surface area contributed by atoms with E-state index in [9.17, 15) is 4.79 Å². The van der Waals surface area contributed by atoms with Crippen molar-refractivity contribution < 1.29 is 9.53 Å². The van der Waals surface area contributed by atoms with Crippen LogP contribution >= 0.6 is 11.3 Å². The van der Waals surface area contributed by atoms with Crippen molar-refractivity contribution in [2.45, 2.75) is 12.8 Å². The molecular formula is C14H14O2S. The fourth-order valence-corrected chi connectivity index (χ4v) is 2.34. The molecule has 0 fully saturated rings. The first kappa shape index (κ1) is 11.9. The van der Waals surface area contributed by atoms with E-state index >= 15 is 0 Å². The Bertz CT molecular complexity index is 489. The Morgan fingerprint density at radius 2 is 2.24 bits per heavy atom. The van der Waals surface area contributed by atoms with E-state index in [2.05, 4.69) is 11.4 Å². The van der Waals surface area contributed by atoms with Crippen LogP contribution < -0.4 is 4.74 Å². The second-order valence-corrected chi connectivity index (χ2v) is 4.57. The number of hydrogen-bond acceptors (Lipinski definition) is 3. The Morgan fingerprint density at radius 1 is 1.35 bits per heavy atom. The van der Waals surface area contributed by atoms with Crippen molar-refractivity contribution in [1.82, 2.24) is 0 Å². The molecule has 2 rings (SSSR count). The van der Waals surface area contributed by atoms with Gasteiger partial charge in [0.1, 0.15) is 5.75 Å². The number of benzene rings is 1. The molecule has 0 bridgehead atoms. The van der Waals surface area contributed by atoms with Gasteiger partial charge in [0.25, 0.3) is 0 Å². The van der Waals surface area contributed by atoms with Gasteiger partial charge in [0.15, 0.2) is 5.78 Å². The normalized spacial score (nSPS) is 10.2. The molecule has 0 saturated carbocycles. The van der Waals surface area contributed by atoms with Crippen LogP contribution in [0.25, 0.3) is 0 Å². The highest BCUT2D eigenvalue weighted by molar-refractivity contribution is 7.07. The van der Waals surface area contributed by atoms with Crippen molar-refractivity contribution in [3.63, 3.8) is 0 Å². The van der Waals surface area contributed by atoms with Gasteiger partial charge in [-0.25, -0.2) is 0 Å². The highest BCUT2D eigenvalue weighted by Gasteiger charge is 2.07. The third-order valence-electron chi connectivity index (χ3n) is 2.61. The van der Waals surface area contributed by atoms with Crippen molar-refractivity contribution in [2.75, 3.05) is 7.11 Å². The number of carbonyl (C=O) groups is 1. The third kappa shape index (κ3) is 3.17. The van der Waals surface area contributed by atoms with E-state index in [0.29, 0.717) is 6.42 Å². The van der Waals surface area contributed by atoms with Crippen molar-refractivity contribution in [3.05, 3.63) is 52.2 Å². The summed E-state index contributed by atoms with van der Waals surface area (Å²) in [5.74, 6) is 0.890. The van der Waals surface area contributed by atoms with Gasteiger partial charge in [-0.1, -0.05) is 12.1 Å². The van der Waals surface area contributed by atoms with Gasteiger partial charge in [-0.2, -0.15) is 11.3 Å². The van der Waals surface area contributed by atoms with Gasteiger partial charge in [0.2, 0.25) is 0 Å². The Kier molecular flexibility index (Phi) is 3.94. The summed E-state index contributed by atoms with van der Waals surface area (Å²) in [5.41, 5.74) is 1.95. The third-order valence-corrected chi connectivity index (χ3v) is 3.34. The molecule has 0 atom stereocenters. The van der Waals surface area contributed by atoms with Gasteiger partial charge in [-0.05, 0) is 40.9 Å². The molecule has 1 aromatic heterocycles. The maximum Gasteiger partial charge on any atom is 0.163 e. The lowest BCUT2D eigenvalue weighted by molar-refractivity contribution is 0.0982. The number of rotatable bonds is 5. The van der Waals surface area contributed by atoms with Crippen molar-refractivity contribution in [3.8, 4) is 5.75 Å². The van der Waals surface area contributed by atoms with E-state index < -0.39 is 0 Å². The number of methoxy groups -OCH3 is 1. The lowest BCUT2D eigenvalue weighted by atomic mass is 10.0. The van der Waals surface area contributed by atoms with Gasteiger partial charge in [-0.15, -0.1) is 0 Å². The maximum absolute atomic E-state index is 12.0. The highest BCUT2D eigenvalue weighted by Crippen LogP contribution is 2.16. The molecule has 1 heterocycles. The maximum atomic E-state index is 12.0. The summed E-state index contributed by atoms with van der Waals surface area (Å²) in [5, 5.41) is 4.12. The predicted molar refractivity (Wildman–Crippen MR) is 70.0 cm³/mol. The zero-order chi connectivity index (χ0) is 12.1. The lowest BCUT2D eigenvalue weighted by Crippen LogP contribution is -2.01. The summed E-state index contributed by atoms with van der Waals surface area (Å²) in [4.78, 5) is 12.0. The molecule has 88 valence electrons. The number of carbonyl (C=O) groups excluding carboxylic acids is 1. The zero-order valence-electron chi connectivity index (χ0n) is 9.68. The van der Waals surface area contributed by atoms with E-state index in [4.69, 9.17) is 4.74 Å². The molecule has 0 aliphatic carbocycles. The second-order valence-electron chi connectivity index (χ2n) is 3.79. The van der Waals surface area contributed by atoms with Crippen LogP contribution in [0.15, 0.2) is 41.1 Å². The second kappa shape index (κ2) is 5.64. The average Bonchev–Trinajstić information content (AvgIpc) is 2.89. The minimum atomic E-state index is 0.162. The number of aryl methyl sites for hydroxylation is 1. The molecule has 0 radical (unpaired) electrons. The molecule has 0 aliphatic rings. The zero-order valence-corrected chi connectivity index (χ0v) is 10.5. The summed E-state index contributed by atoms with van der Waals surface area (Å²) >= 11 is 1.66. The number of ether oxygens (including phenoxy) is 1. The first-order valence-corrected chi connectivity index (χ1v) is 6.42. The Hall–Kier alpha value is -1.61. The number of hydrogen-bond donors (Lipinski definition) is 0. The number of ketones is 1. The van der Waals surface area contributed by atoms with Gasteiger partial charge in [0, 0.05) is 12.0 Å². The molecule has 0 N–H and O–H groups in total. The van der Waals surface area contributed by atoms with E-state index in [1.165, 1.54) is 5.56 Å². The summed E-state index contributed by atoms with van der Waals surface area (Å²) in [6.45, 7) is 0.